The van der Waals surface area contributed by atoms with E-state index in [9.17, 15) is 0 Å². The van der Waals surface area contributed by atoms with Gasteiger partial charge < -0.3 is 4.42 Å². The number of benzene rings is 3. The van der Waals surface area contributed by atoms with Gasteiger partial charge in [-0.25, -0.2) is 0 Å². The number of furan rings is 1. The first-order chi connectivity index (χ1) is 18.2. The van der Waals surface area contributed by atoms with Gasteiger partial charge in [-0.05, 0) is 67.8 Å². The zero-order valence-corrected chi connectivity index (χ0v) is 20.7. The molecule has 0 saturated carbocycles. The Hall–Kier alpha value is -4.50. The van der Waals surface area contributed by atoms with Crippen LogP contribution in [0.2, 0.25) is 0 Å². The summed E-state index contributed by atoms with van der Waals surface area (Å²) in [6.45, 7) is 4.48. The van der Waals surface area contributed by atoms with Crippen molar-refractivity contribution >= 4 is 27.5 Å². The quantitative estimate of drug-likeness (QED) is 0.221. The van der Waals surface area contributed by atoms with Gasteiger partial charge in [0.05, 0.1) is 5.56 Å². The average molecular weight is 477 g/mol. The lowest BCUT2D eigenvalue weighted by molar-refractivity contribution is -0.955. The predicted molar refractivity (Wildman–Crippen MR) is 145 cm³/mol. The second kappa shape index (κ2) is 6.43. The van der Waals surface area contributed by atoms with Crippen molar-refractivity contribution in [2.45, 2.75) is 25.9 Å². The second-order valence-electron chi connectivity index (χ2n) is 10.7. The Morgan fingerprint density at radius 3 is 2.16 bits per heavy atom. The number of fused-ring (bicyclic) bond motifs is 16. The highest BCUT2D eigenvalue weighted by Gasteiger charge is 2.66. The van der Waals surface area contributed by atoms with Gasteiger partial charge >= 0.3 is 5.66 Å². The summed E-state index contributed by atoms with van der Waals surface area (Å²) in [7, 11) is 0. The van der Waals surface area contributed by atoms with Crippen LogP contribution in [-0.2, 0) is 12.1 Å². The molecular weight excluding hydrogens is 452 g/mol. The molecule has 2 aliphatic heterocycles. The summed E-state index contributed by atoms with van der Waals surface area (Å²) < 4.78 is 11.8. The van der Waals surface area contributed by atoms with Gasteiger partial charge in [-0.2, -0.15) is 0 Å². The van der Waals surface area contributed by atoms with Crippen molar-refractivity contribution in [2.75, 3.05) is 0 Å². The molecule has 1 aliphatic carbocycles. The van der Waals surface area contributed by atoms with E-state index in [4.69, 9.17) is 4.42 Å². The first kappa shape index (κ1) is 19.7. The molecule has 1 unspecified atom stereocenters. The highest BCUT2D eigenvalue weighted by atomic mass is 16.3. The van der Waals surface area contributed by atoms with Crippen LogP contribution < -0.4 is 9.13 Å². The minimum atomic E-state index is -0.499. The van der Waals surface area contributed by atoms with E-state index in [1.165, 1.54) is 66.7 Å². The Balaban J connectivity index is 1.48. The highest BCUT2D eigenvalue weighted by molar-refractivity contribution is 6.13. The molecule has 0 fully saturated rings. The van der Waals surface area contributed by atoms with Crippen LogP contribution in [0, 0.1) is 0 Å². The van der Waals surface area contributed by atoms with E-state index in [1.54, 1.807) is 0 Å². The molecule has 37 heavy (non-hydrogen) atoms. The summed E-state index contributed by atoms with van der Waals surface area (Å²) >= 11 is 0. The van der Waals surface area contributed by atoms with Gasteiger partial charge in [0, 0.05) is 40.6 Å². The molecule has 0 radical (unpaired) electrons. The standard InChI is InChI=1S/C34H24N2O/c1-20-19-22-13-14-23-24-15-16-27-31(33(24)37-32(23)30(22)21(20)2)29-12-6-8-18-36(29)34(27)26-10-4-3-9-25(26)28-11-5-7-17-35(28)34/h3-18H,19H2,1-2H3/q+2. The largest absolute Gasteiger partial charge is 0.454 e. The van der Waals surface area contributed by atoms with Crippen molar-refractivity contribution in [3.8, 4) is 22.5 Å². The van der Waals surface area contributed by atoms with Gasteiger partial charge in [0.2, 0.25) is 11.4 Å². The van der Waals surface area contributed by atoms with E-state index in [0.717, 1.165) is 17.6 Å². The molecule has 174 valence electrons. The van der Waals surface area contributed by atoms with Gasteiger partial charge in [-0.1, -0.05) is 29.8 Å². The lowest BCUT2D eigenvalue weighted by atomic mass is 9.89. The topological polar surface area (TPSA) is 20.9 Å². The fourth-order valence-electron chi connectivity index (χ4n) is 7.34. The first-order valence-electron chi connectivity index (χ1n) is 13.0. The zero-order valence-electron chi connectivity index (χ0n) is 20.7. The van der Waals surface area contributed by atoms with Crippen LogP contribution in [0.15, 0.2) is 107 Å². The molecule has 3 aromatic carbocycles. The number of hydrogen-bond acceptors (Lipinski definition) is 1. The molecule has 3 aromatic heterocycles. The van der Waals surface area contributed by atoms with Crippen molar-refractivity contribution in [1.82, 2.24) is 0 Å². The third-order valence-corrected chi connectivity index (χ3v) is 8.99. The van der Waals surface area contributed by atoms with E-state index >= 15 is 0 Å². The van der Waals surface area contributed by atoms with Crippen molar-refractivity contribution in [2.24, 2.45) is 0 Å². The van der Waals surface area contributed by atoms with Crippen LogP contribution >= 0.6 is 0 Å². The summed E-state index contributed by atoms with van der Waals surface area (Å²) in [6.07, 6.45) is 5.46. The summed E-state index contributed by atoms with van der Waals surface area (Å²) in [6, 6.07) is 31.0. The normalized spacial score (nSPS) is 18.4. The van der Waals surface area contributed by atoms with Crippen LogP contribution in [0.3, 0.4) is 0 Å². The van der Waals surface area contributed by atoms with E-state index in [1.807, 2.05) is 0 Å². The van der Waals surface area contributed by atoms with Crippen molar-refractivity contribution in [3.05, 3.63) is 125 Å². The van der Waals surface area contributed by atoms with Gasteiger partial charge in [0.25, 0.3) is 0 Å². The van der Waals surface area contributed by atoms with E-state index in [-0.39, 0.29) is 0 Å². The van der Waals surface area contributed by atoms with Crippen LogP contribution in [-0.4, -0.2) is 0 Å². The third-order valence-electron chi connectivity index (χ3n) is 8.99. The molecule has 6 aromatic rings. The van der Waals surface area contributed by atoms with E-state index in [0.29, 0.717) is 0 Å². The lowest BCUT2D eigenvalue weighted by Crippen LogP contribution is -2.71. The number of hydrogen-bond donors (Lipinski definition) is 0. The molecule has 0 saturated heterocycles. The van der Waals surface area contributed by atoms with E-state index < -0.39 is 5.66 Å². The number of nitrogens with zero attached hydrogens (tertiary/aromatic N) is 2. The molecule has 1 atom stereocenters. The molecule has 9 rings (SSSR count). The van der Waals surface area contributed by atoms with Crippen molar-refractivity contribution in [3.63, 3.8) is 0 Å². The highest BCUT2D eigenvalue weighted by Crippen LogP contribution is 2.51. The molecule has 3 nitrogen and oxygen atoms in total. The predicted octanol–water partition coefficient (Wildman–Crippen LogP) is 6.77. The maximum absolute atomic E-state index is 6.94. The maximum atomic E-state index is 6.94. The minimum Gasteiger partial charge on any atom is -0.454 e. The smallest absolute Gasteiger partial charge is 0.417 e. The Morgan fingerprint density at radius 1 is 0.649 bits per heavy atom. The monoisotopic (exact) mass is 476 g/mol. The summed E-state index contributed by atoms with van der Waals surface area (Å²) in [5.74, 6) is 0. The number of aromatic nitrogens is 2. The zero-order chi connectivity index (χ0) is 24.5. The van der Waals surface area contributed by atoms with Crippen molar-refractivity contribution < 1.29 is 13.6 Å². The number of allylic oxidation sites excluding steroid dienone is 2. The summed E-state index contributed by atoms with van der Waals surface area (Å²) in [4.78, 5) is 0. The van der Waals surface area contributed by atoms with Gasteiger partial charge in [-0.3, -0.25) is 0 Å². The Morgan fingerprint density at radius 2 is 1.32 bits per heavy atom. The second-order valence-corrected chi connectivity index (χ2v) is 10.7. The van der Waals surface area contributed by atoms with Crippen molar-refractivity contribution in [1.29, 1.82) is 0 Å². The molecule has 5 heterocycles. The molecule has 0 amide bonds. The van der Waals surface area contributed by atoms with Gasteiger partial charge in [0.1, 0.15) is 27.9 Å². The summed E-state index contributed by atoms with van der Waals surface area (Å²) in [5.41, 5.74) is 14.4. The molecule has 3 heteroatoms. The number of pyridine rings is 2. The van der Waals surface area contributed by atoms with Crippen LogP contribution in [0.5, 0.6) is 0 Å². The molecule has 0 bridgehead atoms. The van der Waals surface area contributed by atoms with Crippen LogP contribution in [0.25, 0.3) is 50.0 Å². The Kier molecular flexibility index (Phi) is 3.42. The average Bonchev–Trinajstić information content (AvgIpc) is 3.63. The third kappa shape index (κ3) is 2.09. The Bertz CT molecular complexity index is 2000. The molecule has 0 N–H and O–H groups in total. The Labute approximate surface area is 214 Å². The molecule has 3 aliphatic rings. The number of rotatable bonds is 0. The lowest BCUT2D eigenvalue weighted by Gasteiger charge is -2.16. The fourth-order valence-corrected chi connectivity index (χ4v) is 7.34. The fraction of sp³-hybridized carbons (Fsp3) is 0.118. The van der Waals surface area contributed by atoms with Crippen LogP contribution in [0.1, 0.15) is 36.1 Å². The van der Waals surface area contributed by atoms with Crippen LogP contribution in [0.4, 0.5) is 0 Å². The minimum absolute atomic E-state index is 0.499. The summed E-state index contributed by atoms with van der Waals surface area (Å²) in [5, 5.41) is 2.39. The molecule has 1 spiro atoms. The SMILES string of the molecule is CC1=C(C)c2c(ccc3c2oc2c4c(ccc23)C2(c3ccccc3-c3cccc[n+]32)[n+]2ccccc2-4)C1. The van der Waals surface area contributed by atoms with Gasteiger partial charge in [-0.15, -0.1) is 9.13 Å². The molecular formula is C34H24N2O+2. The first-order valence-corrected chi connectivity index (χ1v) is 13.0. The van der Waals surface area contributed by atoms with E-state index in [2.05, 4.69) is 120 Å². The van der Waals surface area contributed by atoms with Gasteiger partial charge in [0.15, 0.2) is 12.4 Å². The maximum Gasteiger partial charge on any atom is 0.417 e.